The summed E-state index contributed by atoms with van der Waals surface area (Å²) < 4.78 is 16.8. The molecule has 11 nitrogen and oxygen atoms in total. The maximum Gasteiger partial charge on any atom is 0.305 e. The zero-order chi connectivity index (χ0) is 70.1. The monoisotopic (exact) mass is 1370 g/mol. The fraction of sp³-hybridized carbons (Fsp3) is 0.860. The van der Waals surface area contributed by atoms with Crippen molar-refractivity contribution >= 4 is 11.9 Å². The predicted octanol–water partition coefficient (Wildman–Crippen LogP) is 23.2. The molecule has 7 unspecified atom stereocenters. The van der Waals surface area contributed by atoms with Crippen molar-refractivity contribution < 1.29 is 49.3 Å². The average Bonchev–Trinajstić information content (AvgIpc) is 0.869. The van der Waals surface area contributed by atoms with E-state index in [2.05, 4.69) is 67.8 Å². The Bertz CT molecular complexity index is 1800. The van der Waals surface area contributed by atoms with Crippen LogP contribution in [0.2, 0.25) is 0 Å². The van der Waals surface area contributed by atoms with Crippen LogP contribution in [-0.2, 0) is 23.8 Å². The summed E-state index contributed by atoms with van der Waals surface area (Å²) in [5.74, 6) is -0.174. The molecule has 1 fully saturated rings. The van der Waals surface area contributed by atoms with Crippen LogP contribution >= 0.6 is 0 Å². The number of hydrogen-bond acceptors (Lipinski definition) is 10. The molecular formula is C86H159NO10. The van der Waals surface area contributed by atoms with Gasteiger partial charge >= 0.3 is 5.97 Å². The van der Waals surface area contributed by atoms with Crippen LogP contribution in [0.4, 0.5) is 0 Å². The van der Waals surface area contributed by atoms with Crippen molar-refractivity contribution in [1.82, 2.24) is 5.32 Å². The van der Waals surface area contributed by atoms with Crippen LogP contribution in [0.3, 0.4) is 0 Å². The normalized spacial score (nSPS) is 17.5. The van der Waals surface area contributed by atoms with Gasteiger partial charge in [0.05, 0.1) is 32.0 Å². The molecule has 97 heavy (non-hydrogen) atoms. The fourth-order valence-electron chi connectivity index (χ4n) is 13.2. The third-order valence-corrected chi connectivity index (χ3v) is 19.8. The Kier molecular flexibility index (Phi) is 71.0. The molecule has 1 aliphatic rings. The van der Waals surface area contributed by atoms with Crippen molar-refractivity contribution in [2.24, 2.45) is 0 Å². The van der Waals surface area contributed by atoms with Gasteiger partial charge in [0.2, 0.25) is 5.91 Å². The number of allylic oxidation sites excluding steroid dienone is 9. The molecular weight excluding hydrogens is 1210 g/mol. The van der Waals surface area contributed by atoms with E-state index >= 15 is 0 Å². The first kappa shape index (κ1) is 92.4. The highest BCUT2D eigenvalue weighted by molar-refractivity contribution is 5.76. The van der Waals surface area contributed by atoms with Gasteiger partial charge in [-0.15, -0.1) is 0 Å². The Morgan fingerprint density at radius 3 is 1.08 bits per heavy atom. The summed E-state index contributed by atoms with van der Waals surface area (Å²) in [4.78, 5) is 25.2. The van der Waals surface area contributed by atoms with Gasteiger partial charge in [0.1, 0.15) is 24.4 Å². The van der Waals surface area contributed by atoms with E-state index in [9.17, 15) is 35.1 Å². The van der Waals surface area contributed by atoms with Crippen molar-refractivity contribution in [1.29, 1.82) is 0 Å². The van der Waals surface area contributed by atoms with E-state index in [-0.39, 0.29) is 18.5 Å². The van der Waals surface area contributed by atoms with E-state index in [1.165, 1.54) is 321 Å². The first-order chi connectivity index (χ1) is 47.7. The number of carbonyl (C=O) groups is 2. The number of aliphatic hydroxyl groups is 5. The molecule has 1 heterocycles. The molecule has 6 N–H and O–H groups in total. The number of carbonyl (C=O) groups excluding carboxylic acids is 2. The van der Waals surface area contributed by atoms with Crippen molar-refractivity contribution in [3.05, 3.63) is 60.8 Å². The van der Waals surface area contributed by atoms with E-state index in [4.69, 9.17) is 14.2 Å². The quantitative estimate of drug-likeness (QED) is 0.0195. The van der Waals surface area contributed by atoms with E-state index in [1.54, 1.807) is 6.08 Å². The minimum absolute atomic E-state index is 0.0144. The summed E-state index contributed by atoms with van der Waals surface area (Å²) in [6, 6.07) is -0.825. The highest BCUT2D eigenvalue weighted by Gasteiger charge is 2.44. The lowest BCUT2D eigenvalue weighted by Gasteiger charge is -2.40. The minimum Gasteiger partial charge on any atom is -0.466 e. The van der Waals surface area contributed by atoms with Crippen molar-refractivity contribution in [2.75, 3.05) is 19.8 Å². The predicted molar refractivity (Wildman–Crippen MR) is 412 cm³/mol. The number of ether oxygens (including phenoxy) is 3. The lowest BCUT2D eigenvalue weighted by molar-refractivity contribution is -0.302. The molecule has 568 valence electrons. The van der Waals surface area contributed by atoms with Gasteiger partial charge in [-0.2, -0.15) is 0 Å². The summed E-state index contributed by atoms with van der Waals surface area (Å²) in [5, 5.41) is 54.4. The molecule has 1 aliphatic heterocycles. The smallest absolute Gasteiger partial charge is 0.305 e. The molecule has 7 atom stereocenters. The van der Waals surface area contributed by atoms with Gasteiger partial charge in [-0.1, -0.05) is 357 Å². The van der Waals surface area contributed by atoms with Gasteiger partial charge < -0.3 is 45.1 Å². The topological polar surface area (TPSA) is 175 Å². The second-order valence-electron chi connectivity index (χ2n) is 29.2. The highest BCUT2D eigenvalue weighted by atomic mass is 16.7. The van der Waals surface area contributed by atoms with E-state index in [0.717, 1.165) is 64.2 Å². The summed E-state index contributed by atoms with van der Waals surface area (Å²) in [6.07, 6.45) is 91.4. The summed E-state index contributed by atoms with van der Waals surface area (Å²) in [6.45, 7) is 4.35. The molecule has 0 aromatic rings. The van der Waals surface area contributed by atoms with E-state index in [1.807, 2.05) is 6.08 Å². The Balaban J connectivity index is 1.87. The van der Waals surface area contributed by atoms with Gasteiger partial charge in [0, 0.05) is 12.8 Å². The molecule has 1 saturated heterocycles. The summed E-state index contributed by atoms with van der Waals surface area (Å²) >= 11 is 0. The van der Waals surface area contributed by atoms with Crippen LogP contribution < -0.4 is 5.32 Å². The van der Waals surface area contributed by atoms with Crippen LogP contribution in [0.5, 0.6) is 0 Å². The van der Waals surface area contributed by atoms with Gasteiger partial charge in [0.15, 0.2) is 6.29 Å². The van der Waals surface area contributed by atoms with Crippen molar-refractivity contribution in [3.63, 3.8) is 0 Å². The first-order valence-corrected chi connectivity index (χ1v) is 42.1. The Hall–Kier alpha value is -2.64. The van der Waals surface area contributed by atoms with E-state index < -0.39 is 49.5 Å². The number of esters is 1. The fourth-order valence-corrected chi connectivity index (χ4v) is 13.2. The number of amides is 1. The molecule has 0 bridgehead atoms. The van der Waals surface area contributed by atoms with Crippen LogP contribution in [-0.4, -0.2) is 100 Å². The molecule has 1 rings (SSSR count). The Morgan fingerprint density at radius 1 is 0.381 bits per heavy atom. The lowest BCUT2D eigenvalue weighted by atomic mass is 9.99. The van der Waals surface area contributed by atoms with Gasteiger partial charge in [-0.3, -0.25) is 9.59 Å². The molecule has 0 radical (unpaired) electrons. The average molecular weight is 1370 g/mol. The molecule has 0 saturated carbocycles. The van der Waals surface area contributed by atoms with Crippen LogP contribution in [0.15, 0.2) is 60.8 Å². The number of hydrogen-bond donors (Lipinski definition) is 6. The number of aliphatic hydroxyl groups excluding tert-OH is 5. The lowest BCUT2D eigenvalue weighted by Crippen LogP contribution is -2.60. The van der Waals surface area contributed by atoms with Gasteiger partial charge in [0.25, 0.3) is 0 Å². The van der Waals surface area contributed by atoms with Crippen LogP contribution in [0.25, 0.3) is 0 Å². The molecule has 11 heteroatoms. The third kappa shape index (κ3) is 62.8. The maximum absolute atomic E-state index is 13.1. The number of nitrogens with one attached hydrogen (secondary N) is 1. The number of unbranched alkanes of at least 4 members (excludes halogenated alkanes) is 53. The molecule has 0 aliphatic carbocycles. The summed E-state index contributed by atoms with van der Waals surface area (Å²) in [7, 11) is 0. The number of rotatable bonds is 75. The first-order valence-electron chi connectivity index (χ1n) is 42.1. The minimum atomic E-state index is -1.58. The molecule has 0 aromatic heterocycles. The van der Waals surface area contributed by atoms with Gasteiger partial charge in [-0.05, 0) is 103 Å². The maximum atomic E-state index is 13.1. The highest BCUT2D eigenvalue weighted by Crippen LogP contribution is 2.24. The zero-order valence-electron chi connectivity index (χ0n) is 63.6. The summed E-state index contributed by atoms with van der Waals surface area (Å²) in [5.41, 5.74) is 0. The standard InChI is InChI=1S/C86H159NO10/c1-3-5-7-9-11-13-15-16-17-18-40-44-47-50-54-58-62-66-70-74-82(91)95-75-71-67-63-59-55-51-48-45-42-39-37-35-33-31-29-27-25-23-21-19-20-22-24-26-28-30-32-34-36-38-41-43-46-49-53-57-61-65-69-73-81(90)87-78(77-96-86-85(94)84(93)83(92)80(76-88)97-86)79(89)72-68-64-60-56-52-14-12-10-8-6-4-2/h16-17,19-20,23,25,52,56,68,72,78-80,83-86,88-89,92-94H,3-15,18,21-22,24,26-51,53-55,57-67,69-71,73-77H2,1-2H3,(H,87,90)/b17-16-,20-19-,25-23-,56-52+,72-68+. The Labute approximate surface area is 598 Å². The van der Waals surface area contributed by atoms with Crippen LogP contribution in [0.1, 0.15) is 412 Å². The Morgan fingerprint density at radius 2 is 0.701 bits per heavy atom. The SMILES string of the molecule is CCCCCCC/C=C/CC/C=C/C(O)C(COC1OC(CO)C(O)C(O)C1O)NC(=O)CCCCCCCCCCCCCCCCCCC/C=C\C/C=C\CCCCCCCCCCCCCCCCCOC(=O)CCCCCCCCCCC/C=C\CCCCCCCC. The van der Waals surface area contributed by atoms with E-state index in [0.29, 0.717) is 19.4 Å². The second kappa shape index (κ2) is 74.5. The largest absolute Gasteiger partial charge is 0.466 e. The third-order valence-electron chi connectivity index (χ3n) is 19.8. The molecule has 0 aromatic carbocycles. The molecule has 1 amide bonds. The van der Waals surface area contributed by atoms with Crippen LogP contribution in [0, 0.1) is 0 Å². The van der Waals surface area contributed by atoms with Crippen molar-refractivity contribution in [3.8, 4) is 0 Å². The second-order valence-corrected chi connectivity index (χ2v) is 29.2. The zero-order valence-corrected chi connectivity index (χ0v) is 63.6. The molecule has 0 spiro atoms. The van der Waals surface area contributed by atoms with Crippen molar-refractivity contribution in [2.45, 2.75) is 455 Å². The van der Waals surface area contributed by atoms with Gasteiger partial charge in [-0.25, -0.2) is 0 Å².